The molecule has 0 aromatic heterocycles. The number of carbonyl (C=O) groups is 1. The molecule has 0 bridgehead atoms. The number of nitrogens with zero attached hydrogens (tertiary/aromatic N) is 1. The van der Waals surface area contributed by atoms with Gasteiger partial charge >= 0.3 is 0 Å². The summed E-state index contributed by atoms with van der Waals surface area (Å²) in [6.07, 6.45) is 0.833. The number of hydrogen-bond donors (Lipinski definition) is 0. The molecule has 0 atom stereocenters. The van der Waals surface area contributed by atoms with Crippen molar-refractivity contribution < 1.29 is 19.0 Å². The number of benzene rings is 1. The monoisotopic (exact) mass is 307 g/mol. The maximum absolute atomic E-state index is 12.1. The fraction of sp³-hybridized carbons (Fsp3) is 0.588. The van der Waals surface area contributed by atoms with Crippen molar-refractivity contribution in [3.8, 4) is 11.5 Å². The van der Waals surface area contributed by atoms with Crippen molar-refractivity contribution in [2.75, 3.05) is 33.0 Å². The molecule has 0 saturated heterocycles. The molecule has 0 saturated carbocycles. The fourth-order valence-electron chi connectivity index (χ4n) is 2.59. The first-order chi connectivity index (χ1) is 10.7. The molecule has 5 nitrogen and oxygen atoms in total. The van der Waals surface area contributed by atoms with Gasteiger partial charge in [-0.1, -0.05) is 0 Å². The van der Waals surface area contributed by atoms with Crippen molar-refractivity contribution in [3.63, 3.8) is 0 Å². The topological polar surface area (TPSA) is 48.0 Å². The van der Waals surface area contributed by atoms with Crippen LogP contribution < -0.4 is 9.47 Å². The Kier molecular flexibility index (Phi) is 6.07. The lowest BCUT2D eigenvalue weighted by Gasteiger charge is -2.29. The maximum atomic E-state index is 12.1. The average molecular weight is 307 g/mol. The van der Waals surface area contributed by atoms with Crippen LogP contribution in [0.25, 0.3) is 0 Å². The Balaban J connectivity index is 2.16. The minimum absolute atomic E-state index is 0.0411. The van der Waals surface area contributed by atoms with Crippen molar-refractivity contribution in [2.24, 2.45) is 0 Å². The molecule has 0 aliphatic carbocycles. The standard InChI is InChI=1S/C17H25NO4/c1-4-20-12-17(19)18-8-7-13-9-15(21-5-2)16(22-6-3)10-14(13)11-18/h9-10H,4-8,11-12H2,1-3H3. The summed E-state index contributed by atoms with van der Waals surface area (Å²) in [5.41, 5.74) is 2.36. The van der Waals surface area contributed by atoms with Gasteiger partial charge in [-0.3, -0.25) is 4.79 Å². The number of fused-ring (bicyclic) bond motifs is 1. The van der Waals surface area contributed by atoms with E-state index in [2.05, 4.69) is 0 Å². The van der Waals surface area contributed by atoms with Crippen LogP contribution in [0, 0.1) is 0 Å². The smallest absolute Gasteiger partial charge is 0.248 e. The van der Waals surface area contributed by atoms with Gasteiger partial charge in [-0.2, -0.15) is 0 Å². The van der Waals surface area contributed by atoms with E-state index in [9.17, 15) is 4.79 Å². The van der Waals surface area contributed by atoms with Crippen LogP contribution in [-0.4, -0.2) is 43.8 Å². The predicted octanol–water partition coefficient (Wildman–Crippen LogP) is 2.41. The summed E-state index contributed by atoms with van der Waals surface area (Å²) in [6.45, 7) is 9.04. The van der Waals surface area contributed by atoms with Crippen molar-refractivity contribution in [3.05, 3.63) is 23.3 Å². The third-order valence-electron chi connectivity index (χ3n) is 3.66. The van der Waals surface area contributed by atoms with Crippen LogP contribution in [0.4, 0.5) is 0 Å². The molecule has 5 heteroatoms. The lowest BCUT2D eigenvalue weighted by Crippen LogP contribution is -2.38. The summed E-state index contributed by atoms with van der Waals surface area (Å²) >= 11 is 0. The Bertz CT molecular complexity index is 516. The molecule has 1 amide bonds. The molecule has 0 unspecified atom stereocenters. The second-order valence-corrected chi connectivity index (χ2v) is 5.14. The van der Waals surface area contributed by atoms with Crippen LogP contribution in [-0.2, 0) is 22.5 Å². The molecular weight excluding hydrogens is 282 g/mol. The first-order valence-corrected chi connectivity index (χ1v) is 7.96. The zero-order chi connectivity index (χ0) is 15.9. The number of rotatable bonds is 7. The zero-order valence-electron chi connectivity index (χ0n) is 13.7. The van der Waals surface area contributed by atoms with E-state index in [0.29, 0.717) is 26.4 Å². The molecular formula is C17H25NO4. The molecule has 0 radical (unpaired) electrons. The van der Waals surface area contributed by atoms with Crippen molar-refractivity contribution in [1.82, 2.24) is 4.90 Å². The van der Waals surface area contributed by atoms with Gasteiger partial charge < -0.3 is 19.1 Å². The highest BCUT2D eigenvalue weighted by Gasteiger charge is 2.22. The van der Waals surface area contributed by atoms with E-state index < -0.39 is 0 Å². The minimum Gasteiger partial charge on any atom is -0.490 e. The summed E-state index contributed by atoms with van der Waals surface area (Å²) in [7, 11) is 0. The molecule has 0 fully saturated rings. The lowest BCUT2D eigenvalue weighted by molar-refractivity contribution is -0.136. The zero-order valence-corrected chi connectivity index (χ0v) is 13.7. The third kappa shape index (κ3) is 3.91. The molecule has 1 aliphatic heterocycles. The van der Waals surface area contributed by atoms with Gasteiger partial charge in [0.25, 0.3) is 0 Å². The summed E-state index contributed by atoms with van der Waals surface area (Å²) in [5.74, 6) is 1.58. The van der Waals surface area contributed by atoms with E-state index in [1.807, 2.05) is 37.8 Å². The van der Waals surface area contributed by atoms with Gasteiger partial charge in [0.05, 0.1) is 13.2 Å². The molecule has 1 aliphatic rings. The van der Waals surface area contributed by atoms with E-state index in [-0.39, 0.29) is 12.5 Å². The molecule has 22 heavy (non-hydrogen) atoms. The van der Waals surface area contributed by atoms with Crippen LogP contribution in [0.1, 0.15) is 31.9 Å². The third-order valence-corrected chi connectivity index (χ3v) is 3.66. The highest BCUT2D eigenvalue weighted by molar-refractivity contribution is 5.77. The van der Waals surface area contributed by atoms with Crippen LogP contribution >= 0.6 is 0 Å². The van der Waals surface area contributed by atoms with Gasteiger partial charge in [-0.25, -0.2) is 0 Å². The highest BCUT2D eigenvalue weighted by Crippen LogP contribution is 2.33. The van der Waals surface area contributed by atoms with Gasteiger partial charge in [-0.15, -0.1) is 0 Å². The largest absolute Gasteiger partial charge is 0.490 e. The normalized spacial score (nSPS) is 13.7. The molecule has 0 N–H and O–H groups in total. The molecule has 1 heterocycles. The van der Waals surface area contributed by atoms with Crippen LogP contribution in [0.15, 0.2) is 12.1 Å². The molecule has 1 aromatic carbocycles. The van der Waals surface area contributed by atoms with Crippen LogP contribution in [0.3, 0.4) is 0 Å². The van der Waals surface area contributed by atoms with Crippen LogP contribution in [0.5, 0.6) is 11.5 Å². The van der Waals surface area contributed by atoms with Gasteiger partial charge in [0.1, 0.15) is 6.61 Å². The Labute approximate surface area is 132 Å². The quantitative estimate of drug-likeness (QED) is 0.776. The Morgan fingerprint density at radius 1 is 1.05 bits per heavy atom. The average Bonchev–Trinajstić information content (AvgIpc) is 2.53. The summed E-state index contributed by atoms with van der Waals surface area (Å²) in [5, 5.41) is 0. The highest BCUT2D eigenvalue weighted by atomic mass is 16.5. The van der Waals surface area contributed by atoms with E-state index in [1.54, 1.807) is 0 Å². The van der Waals surface area contributed by atoms with Gasteiger partial charge in [0.15, 0.2) is 11.5 Å². The Hall–Kier alpha value is -1.75. The summed E-state index contributed by atoms with van der Waals surface area (Å²) in [6, 6.07) is 4.05. The van der Waals surface area contributed by atoms with E-state index in [1.165, 1.54) is 5.56 Å². The summed E-state index contributed by atoms with van der Waals surface area (Å²) in [4.78, 5) is 13.9. The Morgan fingerprint density at radius 3 is 2.27 bits per heavy atom. The predicted molar refractivity (Wildman–Crippen MR) is 84.4 cm³/mol. The van der Waals surface area contributed by atoms with E-state index in [0.717, 1.165) is 30.0 Å². The lowest BCUT2D eigenvalue weighted by atomic mass is 9.98. The first kappa shape index (κ1) is 16.6. The van der Waals surface area contributed by atoms with Gasteiger partial charge in [-0.05, 0) is 50.5 Å². The SMILES string of the molecule is CCOCC(=O)N1CCc2cc(OCC)c(OCC)cc2C1. The second kappa shape index (κ2) is 8.03. The Morgan fingerprint density at radius 2 is 1.68 bits per heavy atom. The minimum atomic E-state index is 0.0411. The number of hydrogen-bond acceptors (Lipinski definition) is 4. The van der Waals surface area contributed by atoms with Gasteiger partial charge in [0.2, 0.25) is 5.91 Å². The van der Waals surface area contributed by atoms with Crippen molar-refractivity contribution in [2.45, 2.75) is 33.7 Å². The van der Waals surface area contributed by atoms with Crippen molar-refractivity contribution in [1.29, 1.82) is 0 Å². The second-order valence-electron chi connectivity index (χ2n) is 5.14. The fourth-order valence-corrected chi connectivity index (χ4v) is 2.59. The first-order valence-electron chi connectivity index (χ1n) is 7.96. The van der Waals surface area contributed by atoms with E-state index in [4.69, 9.17) is 14.2 Å². The summed E-state index contributed by atoms with van der Waals surface area (Å²) < 4.78 is 16.5. The van der Waals surface area contributed by atoms with E-state index >= 15 is 0 Å². The number of amides is 1. The molecule has 0 spiro atoms. The molecule has 122 valence electrons. The molecule has 2 rings (SSSR count). The number of carbonyl (C=O) groups excluding carboxylic acids is 1. The maximum Gasteiger partial charge on any atom is 0.248 e. The van der Waals surface area contributed by atoms with Gasteiger partial charge in [0, 0.05) is 19.7 Å². The van der Waals surface area contributed by atoms with Crippen LogP contribution in [0.2, 0.25) is 0 Å². The molecule has 1 aromatic rings. The number of ether oxygens (including phenoxy) is 3. The van der Waals surface area contributed by atoms with Crippen molar-refractivity contribution >= 4 is 5.91 Å².